The molecule has 0 atom stereocenters. The zero-order chi connectivity index (χ0) is 10.8. The first-order chi connectivity index (χ1) is 7.18. The molecule has 1 aromatic carbocycles. The van der Waals surface area contributed by atoms with Crippen molar-refractivity contribution < 1.29 is 0 Å². The van der Waals surface area contributed by atoms with E-state index in [1.165, 1.54) is 0 Å². The quantitative estimate of drug-likeness (QED) is 0.786. The molecule has 2 nitrogen and oxygen atoms in total. The molecule has 1 heterocycles. The van der Waals surface area contributed by atoms with Gasteiger partial charge in [0.15, 0.2) is 0 Å². The SMILES string of the molecule is Cc1nc(Br)c(-c2ccccc2)nc1C. The van der Waals surface area contributed by atoms with Crippen molar-refractivity contribution in [3.05, 3.63) is 46.3 Å². The molecule has 2 aromatic rings. The molecule has 0 fully saturated rings. The molecule has 0 saturated carbocycles. The first kappa shape index (κ1) is 10.3. The number of rotatable bonds is 1. The average Bonchev–Trinajstić information content (AvgIpc) is 2.25. The molecule has 0 radical (unpaired) electrons. The predicted molar refractivity (Wildman–Crippen MR) is 64.6 cm³/mol. The van der Waals surface area contributed by atoms with E-state index in [1.807, 2.05) is 44.2 Å². The van der Waals surface area contributed by atoms with Gasteiger partial charge in [-0.1, -0.05) is 30.3 Å². The summed E-state index contributed by atoms with van der Waals surface area (Å²) in [6, 6.07) is 10.1. The Morgan fingerprint density at radius 3 is 2.20 bits per heavy atom. The molecular weight excluding hydrogens is 252 g/mol. The maximum Gasteiger partial charge on any atom is 0.132 e. The van der Waals surface area contributed by atoms with Crippen molar-refractivity contribution in [3.8, 4) is 11.3 Å². The molecule has 3 heteroatoms. The van der Waals surface area contributed by atoms with Gasteiger partial charge in [0.25, 0.3) is 0 Å². The first-order valence-corrected chi connectivity index (χ1v) is 5.54. The Morgan fingerprint density at radius 2 is 1.53 bits per heavy atom. The number of hydrogen-bond acceptors (Lipinski definition) is 2. The van der Waals surface area contributed by atoms with E-state index < -0.39 is 0 Å². The molecule has 0 saturated heterocycles. The van der Waals surface area contributed by atoms with Crippen LogP contribution in [0.2, 0.25) is 0 Å². The molecule has 0 bridgehead atoms. The van der Waals surface area contributed by atoms with Gasteiger partial charge < -0.3 is 0 Å². The normalized spacial score (nSPS) is 10.3. The Bertz CT molecular complexity index is 480. The predicted octanol–water partition coefficient (Wildman–Crippen LogP) is 3.52. The summed E-state index contributed by atoms with van der Waals surface area (Å²) in [5.41, 5.74) is 3.91. The third-order valence-electron chi connectivity index (χ3n) is 2.31. The van der Waals surface area contributed by atoms with E-state index in [4.69, 9.17) is 0 Å². The minimum Gasteiger partial charge on any atom is -0.248 e. The minimum absolute atomic E-state index is 0.803. The number of halogens is 1. The van der Waals surface area contributed by atoms with E-state index >= 15 is 0 Å². The average molecular weight is 263 g/mol. The molecule has 76 valence electrons. The Morgan fingerprint density at radius 1 is 0.933 bits per heavy atom. The Balaban J connectivity index is 2.59. The van der Waals surface area contributed by atoms with Crippen LogP contribution in [-0.2, 0) is 0 Å². The van der Waals surface area contributed by atoms with Crippen LogP contribution >= 0.6 is 15.9 Å². The van der Waals surface area contributed by atoms with Crippen molar-refractivity contribution in [1.29, 1.82) is 0 Å². The summed E-state index contributed by atoms with van der Waals surface area (Å²) in [5, 5.41) is 0. The minimum atomic E-state index is 0.803. The zero-order valence-corrected chi connectivity index (χ0v) is 10.2. The van der Waals surface area contributed by atoms with Crippen molar-refractivity contribution >= 4 is 15.9 Å². The van der Waals surface area contributed by atoms with Gasteiger partial charge in [-0.05, 0) is 29.8 Å². The summed E-state index contributed by atoms with van der Waals surface area (Å²) >= 11 is 3.44. The second-order valence-electron chi connectivity index (χ2n) is 3.40. The van der Waals surface area contributed by atoms with Crippen LogP contribution in [0.25, 0.3) is 11.3 Å². The Kier molecular flexibility index (Phi) is 2.82. The third kappa shape index (κ3) is 2.07. The van der Waals surface area contributed by atoms with Gasteiger partial charge in [-0.15, -0.1) is 0 Å². The largest absolute Gasteiger partial charge is 0.248 e. The van der Waals surface area contributed by atoms with Gasteiger partial charge in [0.2, 0.25) is 0 Å². The lowest BCUT2D eigenvalue weighted by atomic mass is 10.1. The van der Waals surface area contributed by atoms with Gasteiger partial charge in [-0.3, -0.25) is 0 Å². The number of benzene rings is 1. The lowest BCUT2D eigenvalue weighted by Crippen LogP contribution is -1.96. The number of nitrogens with zero attached hydrogens (tertiary/aromatic N) is 2. The van der Waals surface area contributed by atoms with Crippen molar-refractivity contribution in [2.24, 2.45) is 0 Å². The highest BCUT2D eigenvalue weighted by Crippen LogP contribution is 2.25. The summed E-state index contributed by atoms with van der Waals surface area (Å²) < 4.78 is 0.803. The van der Waals surface area contributed by atoms with E-state index in [2.05, 4.69) is 25.9 Å². The molecule has 0 amide bonds. The smallest absolute Gasteiger partial charge is 0.132 e. The van der Waals surface area contributed by atoms with E-state index in [0.29, 0.717) is 0 Å². The molecule has 0 unspecified atom stereocenters. The van der Waals surface area contributed by atoms with Gasteiger partial charge in [-0.25, -0.2) is 9.97 Å². The van der Waals surface area contributed by atoms with Crippen LogP contribution in [0.5, 0.6) is 0 Å². The standard InChI is InChI=1S/C12H11BrN2/c1-8-9(2)15-12(13)11(14-8)10-6-4-3-5-7-10/h3-7H,1-2H3. The summed E-state index contributed by atoms with van der Waals surface area (Å²) in [5.74, 6) is 0. The summed E-state index contributed by atoms with van der Waals surface area (Å²) in [4.78, 5) is 8.94. The molecular formula is C12H11BrN2. The molecule has 0 aliphatic rings. The van der Waals surface area contributed by atoms with Crippen LogP contribution in [0.15, 0.2) is 34.9 Å². The van der Waals surface area contributed by atoms with Crippen LogP contribution in [0.1, 0.15) is 11.4 Å². The summed E-state index contributed by atoms with van der Waals surface area (Å²) in [6.07, 6.45) is 0. The van der Waals surface area contributed by atoms with E-state index in [0.717, 1.165) is 27.2 Å². The van der Waals surface area contributed by atoms with Crippen LogP contribution < -0.4 is 0 Å². The maximum absolute atomic E-state index is 4.53. The molecule has 0 N–H and O–H groups in total. The monoisotopic (exact) mass is 262 g/mol. The van der Waals surface area contributed by atoms with E-state index in [9.17, 15) is 0 Å². The molecule has 0 aliphatic heterocycles. The molecule has 2 rings (SSSR count). The second kappa shape index (κ2) is 4.11. The Hall–Kier alpha value is -1.22. The van der Waals surface area contributed by atoms with Crippen molar-refractivity contribution in [2.75, 3.05) is 0 Å². The van der Waals surface area contributed by atoms with Gasteiger partial charge in [-0.2, -0.15) is 0 Å². The number of aromatic nitrogens is 2. The van der Waals surface area contributed by atoms with Gasteiger partial charge in [0, 0.05) is 5.56 Å². The molecule has 0 aliphatic carbocycles. The van der Waals surface area contributed by atoms with Crippen LogP contribution in [-0.4, -0.2) is 9.97 Å². The molecule has 15 heavy (non-hydrogen) atoms. The van der Waals surface area contributed by atoms with Crippen molar-refractivity contribution in [1.82, 2.24) is 9.97 Å². The highest BCUT2D eigenvalue weighted by atomic mass is 79.9. The van der Waals surface area contributed by atoms with Crippen molar-refractivity contribution in [3.63, 3.8) is 0 Å². The highest BCUT2D eigenvalue weighted by molar-refractivity contribution is 9.10. The number of aryl methyl sites for hydroxylation is 2. The molecule has 0 spiro atoms. The van der Waals surface area contributed by atoms with E-state index in [-0.39, 0.29) is 0 Å². The van der Waals surface area contributed by atoms with Gasteiger partial charge in [0.05, 0.1) is 11.4 Å². The number of hydrogen-bond donors (Lipinski definition) is 0. The fourth-order valence-electron chi connectivity index (χ4n) is 1.36. The zero-order valence-electron chi connectivity index (χ0n) is 8.66. The van der Waals surface area contributed by atoms with Crippen molar-refractivity contribution in [2.45, 2.75) is 13.8 Å². The topological polar surface area (TPSA) is 25.8 Å². The molecule has 1 aromatic heterocycles. The third-order valence-corrected chi connectivity index (χ3v) is 2.86. The van der Waals surface area contributed by atoms with Crippen LogP contribution in [0.4, 0.5) is 0 Å². The van der Waals surface area contributed by atoms with Gasteiger partial charge >= 0.3 is 0 Å². The fraction of sp³-hybridized carbons (Fsp3) is 0.167. The van der Waals surface area contributed by atoms with Crippen LogP contribution in [0.3, 0.4) is 0 Å². The summed E-state index contributed by atoms with van der Waals surface area (Å²) in [7, 11) is 0. The lowest BCUT2D eigenvalue weighted by molar-refractivity contribution is 1.03. The maximum atomic E-state index is 4.53. The fourth-order valence-corrected chi connectivity index (χ4v) is 1.94. The first-order valence-electron chi connectivity index (χ1n) is 4.74. The van der Waals surface area contributed by atoms with E-state index in [1.54, 1.807) is 0 Å². The second-order valence-corrected chi connectivity index (χ2v) is 4.15. The summed E-state index contributed by atoms with van der Waals surface area (Å²) in [6.45, 7) is 3.93. The van der Waals surface area contributed by atoms with Gasteiger partial charge in [0.1, 0.15) is 10.3 Å². The Labute approximate surface area is 97.5 Å². The lowest BCUT2D eigenvalue weighted by Gasteiger charge is -2.06. The van der Waals surface area contributed by atoms with Crippen LogP contribution in [0, 0.1) is 13.8 Å². The highest BCUT2D eigenvalue weighted by Gasteiger charge is 2.07.